The number of likely N-dealkylation sites (tertiary alicyclic amines) is 1. The molecular formula is C34H46BrN3O7. The number of allylic oxidation sites excluding steroid dienone is 1. The van der Waals surface area contributed by atoms with Gasteiger partial charge in [-0.25, -0.2) is 0 Å². The number of nitrogens with zero attached hydrogens (tertiary/aromatic N) is 3. The molecule has 45 heavy (non-hydrogen) atoms. The van der Waals surface area contributed by atoms with Crippen molar-refractivity contribution in [2.75, 3.05) is 59.2 Å². The summed E-state index contributed by atoms with van der Waals surface area (Å²) in [4.78, 5) is 48.3. The van der Waals surface area contributed by atoms with Crippen LogP contribution < -0.4 is 0 Å². The maximum atomic E-state index is 14.8. The minimum atomic E-state index is -1.23. The molecule has 4 aliphatic heterocycles. The molecular weight excluding hydrogens is 642 g/mol. The van der Waals surface area contributed by atoms with Crippen LogP contribution in [0.3, 0.4) is 0 Å². The van der Waals surface area contributed by atoms with Gasteiger partial charge >= 0.3 is 5.97 Å². The van der Waals surface area contributed by atoms with Gasteiger partial charge in [0.15, 0.2) is 0 Å². The van der Waals surface area contributed by atoms with Gasteiger partial charge in [0.2, 0.25) is 11.8 Å². The number of fused-ring (bicyclic) bond motifs is 1. The van der Waals surface area contributed by atoms with Crippen molar-refractivity contribution in [3.05, 3.63) is 61.2 Å². The number of halogens is 1. The molecule has 2 bridgehead atoms. The molecule has 1 aromatic rings. The Bertz CT molecular complexity index is 1210. The highest BCUT2D eigenvalue weighted by atomic mass is 79.9. The Morgan fingerprint density at radius 1 is 1.18 bits per heavy atom. The molecule has 11 heteroatoms. The molecule has 2 amide bonds. The Hall–Kier alpha value is -2.57. The van der Waals surface area contributed by atoms with Crippen molar-refractivity contribution in [3.63, 3.8) is 0 Å². The molecule has 1 aromatic carbocycles. The number of unbranched alkanes of at least 4 members (excludes halogenated alkanes) is 2. The van der Waals surface area contributed by atoms with Crippen LogP contribution in [-0.2, 0) is 35.0 Å². The molecule has 0 saturated carbocycles. The molecule has 0 aliphatic carbocycles. The van der Waals surface area contributed by atoms with Gasteiger partial charge in [-0.2, -0.15) is 0 Å². The average Bonchev–Trinajstić information content (AvgIpc) is 3.65. The van der Waals surface area contributed by atoms with Gasteiger partial charge in [-0.1, -0.05) is 58.4 Å². The third kappa shape index (κ3) is 6.93. The normalized spacial score (nSPS) is 29.8. The van der Waals surface area contributed by atoms with E-state index in [0.29, 0.717) is 52.1 Å². The number of alkyl halides is 1. The summed E-state index contributed by atoms with van der Waals surface area (Å²) >= 11 is 3.73. The van der Waals surface area contributed by atoms with Crippen LogP contribution in [0.2, 0.25) is 0 Å². The van der Waals surface area contributed by atoms with Crippen molar-refractivity contribution in [1.82, 2.24) is 14.7 Å². The first-order valence-electron chi connectivity index (χ1n) is 16.1. The van der Waals surface area contributed by atoms with E-state index in [0.717, 1.165) is 31.5 Å². The van der Waals surface area contributed by atoms with Crippen LogP contribution in [0.25, 0.3) is 0 Å². The number of amides is 2. The fraction of sp³-hybridized carbons (Fsp3) is 0.618. The summed E-state index contributed by atoms with van der Waals surface area (Å²) in [5.41, 5.74) is -0.304. The lowest BCUT2D eigenvalue weighted by Gasteiger charge is -2.40. The van der Waals surface area contributed by atoms with Crippen molar-refractivity contribution < 1.29 is 33.7 Å². The van der Waals surface area contributed by atoms with Crippen LogP contribution in [0, 0.1) is 11.8 Å². The summed E-state index contributed by atoms with van der Waals surface area (Å²) in [6.07, 6.45) is 6.03. The zero-order valence-corrected chi connectivity index (χ0v) is 27.5. The van der Waals surface area contributed by atoms with Gasteiger partial charge in [-0.3, -0.25) is 19.3 Å². The molecule has 246 valence electrons. The predicted octanol–water partition coefficient (Wildman–Crippen LogP) is 2.58. The van der Waals surface area contributed by atoms with E-state index in [9.17, 15) is 19.5 Å². The zero-order chi connectivity index (χ0) is 32.0. The van der Waals surface area contributed by atoms with Gasteiger partial charge in [0.1, 0.15) is 11.6 Å². The average molecular weight is 689 g/mol. The van der Waals surface area contributed by atoms with Gasteiger partial charge in [0.05, 0.1) is 50.4 Å². The molecule has 4 saturated heterocycles. The second-order valence-electron chi connectivity index (χ2n) is 12.4. The standard InChI is InChI=1S/C34H46BrN3O7/c1-3-5-6-10-18-44-33(42)27-28-31(40)38(25(23-39)21-24-11-8-7-9-12-24)30(34(28)22-26(35)29(27)45-34)32(41)37(13-4-2)15-14-36-16-19-43-20-17-36/h3-4,7-9,11-12,25-30,39H,1-2,5-6,10,13-23H2/t25-,26?,27+,28+,29+,30?,34?/m1/s1. The lowest BCUT2D eigenvalue weighted by molar-refractivity contribution is -0.156. The monoisotopic (exact) mass is 687 g/mol. The van der Waals surface area contributed by atoms with Crippen LogP contribution in [0.5, 0.6) is 0 Å². The second kappa shape index (κ2) is 15.3. The molecule has 0 radical (unpaired) electrons. The van der Waals surface area contributed by atoms with Crippen LogP contribution in [0.15, 0.2) is 55.6 Å². The number of ether oxygens (including phenoxy) is 3. The number of esters is 1. The van der Waals surface area contributed by atoms with Crippen LogP contribution in [-0.4, -0.2) is 125 Å². The highest BCUT2D eigenvalue weighted by Gasteiger charge is 2.77. The molecule has 4 heterocycles. The molecule has 1 spiro atoms. The van der Waals surface area contributed by atoms with E-state index < -0.39 is 41.6 Å². The van der Waals surface area contributed by atoms with E-state index in [4.69, 9.17) is 14.2 Å². The molecule has 3 unspecified atom stereocenters. The SMILES string of the molecule is C=CCCCCOC(=O)[C@H]1[C@H]2C(=O)N([C@@H](CO)Cc3ccccc3)C(C(=O)N(CC=C)CCN3CCOCC3)C23CC(Br)[C@@H]1O3. The van der Waals surface area contributed by atoms with E-state index in [1.807, 2.05) is 36.4 Å². The number of aliphatic hydroxyl groups is 1. The minimum Gasteiger partial charge on any atom is -0.465 e. The molecule has 5 rings (SSSR count). The fourth-order valence-electron chi connectivity index (χ4n) is 7.51. The van der Waals surface area contributed by atoms with Gasteiger partial charge in [-0.15, -0.1) is 13.2 Å². The highest BCUT2D eigenvalue weighted by molar-refractivity contribution is 9.09. The first-order valence-corrected chi connectivity index (χ1v) is 17.0. The largest absolute Gasteiger partial charge is 0.465 e. The number of rotatable bonds is 16. The number of morpholine rings is 1. The van der Waals surface area contributed by atoms with Crippen molar-refractivity contribution in [3.8, 4) is 0 Å². The maximum Gasteiger partial charge on any atom is 0.312 e. The smallest absolute Gasteiger partial charge is 0.312 e. The predicted molar refractivity (Wildman–Crippen MR) is 173 cm³/mol. The summed E-state index contributed by atoms with van der Waals surface area (Å²) in [5.74, 6) is -2.82. The van der Waals surface area contributed by atoms with Crippen LogP contribution >= 0.6 is 15.9 Å². The van der Waals surface area contributed by atoms with Gasteiger partial charge < -0.3 is 29.1 Å². The Kier molecular flexibility index (Phi) is 11.5. The Morgan fingerprint density at radius 3 is 2.62 bits per heavy atom. The van der Waals surface area contributed by atoms with E-state index in [1.165, 1.54) is 4.90 Å². The number of hydrogen-bond acceptors (Lipinski definition) is 8. The van der Waals surface area contributed by atoms with Gasteiger partial charge in [-0.05, 0) is 37.7 Å². The highest BCUT2D eigenvalue weighted by Crippen LogP contribution is 2.60. The second-order valence-corrected chi connectivity index (χ2v) is 13.6. The van der Waals surface area contributed by atoms with Crippen LogP contribution in [0.4, 0.5) is 0 Å². The third-order valence-corrected chi connectivity index (χ3v) is 10.5. The number of carbonyl (C=O) groups is 3. The zero-order valence-electron chi connectivity index (χ0n) is 25.9. The molecule has 7 atom stereocenters. The molecule has 4 aliphatic rings. The summed E-state index contributed by atoms with van der Waals surface area (Å²) in [5, 5.41) is 10.7. The van der Waals surface area contributed by atoms with Crippen molar-refractivity contribution in [1.29, 1.82) is 0 Å². The summed E-state index contributed by atoms with van der Waals surface area (Å²) < 4.78 is 17.9. The molecule has 0 aromatic heterocycles. The number of hydrogen-bond donors (Lipinski definition) is 1. The van der Waals surface area contributed by atoms with E-state index in [-0.39, 0.29) is 29.9 Å². The maximum absolute atomic E-state index is 14.8. The quantitative estimate of drug-likeness (QED) is 0.122. The number of carbonyl (C=O) groups excluding carboxylic acids is 3. The Labute approximate surface area is 274 Å². The molecule has 4 fully saturated rings. The van der Waals surface area contributed by atoms with E-state index >= 15 is 0 Å². The number of aliphatic hydroxyl groups excluding tert-OH is 1. The summed E-state index contributed by atoms with van der Waals surface area (Å²) in [7, 11) is 0. The Morgan fingerprint density at radius 2 is 1.93 bits per heavy atom. The first kappa shape index (κ1) is 33.8. The van der Waals surface area contributed by atoms with E-state index in [1.54, 1.807) is 11.0 Å². The third-order valence-electron chi connectivity index (χ3n) is 9.65. The van der Waals surface area contributed by atoms with Crippen LogP contribution in [0.1, 0.15) is 31.2 Å². The van der Waals surface area contributed by atoms with Crippen molar-refractivity contribution in [2.24, 2.45) is 11.8 Å². The lowest BCUT2D eigenvalue weighted by atomic mass is 9.70. The topological polar surface area (TPSA) is 109 Å². The molecule has 1 N–H and O–H groups in total. The van der Waals surface area contributed by atoms with Gasteiger partial charge in [0, 0.05) is 37.6 Å². The van der Waals surface area contributed by atoms with Crippen molar-refractivity contribution in [2.45, 2.75) is 60.7 Å². The first-order chi connectivity index (χ1) is 21.9. The Balaban J connectivity index is 1.47. The fourth-order valence-corrected chi connectivity index (χ4v) is 8.46. The molecule has 10 nitrogen and oxygen atoms in total. The van der Waals surface area contributed by atoms with Gasteiger partial charge in [0.25, 0.3) is 0 Å². The summed E-state index contributed by atoms with van der Waals surface area (Å²) in [6.45, 7) is 11.8. The lowest BCUT2D eigenvalue weighted by Crippen LogP contribution is -2.60. The van der Waals surface area contributed by atoms with Crippen molar-refractivity contribution >= 4 is 33.7 Å². The summed E-state index contributed by atoms with van der Waals surface area (Å²) in [6, 6.07) is 7.89. The number of benzene rings is 1. The van der Waals surface area contributed by atoms with E-state index in [2.05, 4.69) is 34.0 Å². The minimum absolute atomic E-state index is 0.238.